The predicted molar refractivity (Wildman–Crippen MR) is 103 cm³/mol. The topological polar surface area (TPSA) is 72.9 Å². The van der Waals surface area contributed by atoms with Crippen molar-refractivity contribution in [2.45, 2.75) is 50.2 Å². The minimum Gasteiger partial charge on any atom is -0.424 e. The number of benzene rings is 1. The zero-order valence-corrected chi connectivity index (χ0v) is 16.4. The third-order valence-electron chi connectivity index (χ3n) is 4.68. The fraction of sp³-hybridized carbons (Fsp3) is 0.474. The molecule has 1 aliphatic rings. The molecule has 0 saturated carbocycles. The van der Waals surface area contributed by atoms with Crippen molar-refractivity contribution < 1.29 is 4.42 Å². The van der Waals surface area contributed by atoms with Gasteiger partial charge in [-0.1, -0.05) is 49.0 Å². The molecule has 0 unspecified atom stereocenters. The zero-order chi connectivity index (χ0) is 18.5. The SMILES string of the molecule is CCc1nnc(CSc2nnc(CN3CCCC3)n2Cc2ccccc2)o1. The Labute approximate surface area is 163 Å². The number of thioether (sulfide) groups is 1. The average Bonchev–Trinajstić information content (AvgIpc) is 3.44. The van der Waals surface area contributed by atoms with Crippen LogP contribution in [0, 0.1) is 0 Å². The van der Waals surface area contributed by atoms with E-state index in [4.69, 9.17) is 4.42 Å². The standard InChI is InChI=1S/C19H24N6OS/c1-2-17-21-22-18(26-17)14-27-19-23-20-16(13-24-10-6-7-11-24)25(19)12-15-8-4-3-5-9-15/h3-5,8-9H,2,6-7,10-14H2,1H3. The van der Waals surface area contributed by atoms with E-state index < -0.39 is 0 Å². The first-order chi connectivity index (χ1) is 13.3. The van der Waals surface area contributed by atoms with Gasteiger partial charge in [-0.15, -0.1) is 20.4 Å². The quantitative estimate of drug-likeness (QED) is 0.552. The molecule has 7 nitrogen and oxygen atoms in total. The summed E-state index contributed by atoms with van der Waals surface area (Å²) in [5.41, 5.74) is 1.24. The molecule has 142 valence electrons. The van der Waals surface area contributed by atoms with Crippen LogP contribution in [0.5, 0.6) is 0 Å². The van der Waals surface area contributed by atoms with Crippen molar-refractivity contribution in [1.29, 1.82) is 0 Å². The number of nitrogens with zero attached hydrogens (tertiary/aromatic N) is 6. The monoisotopic (exact) mass is 384 g/mol. The lowest BCUT2D eigenvalue weighted by molar-refractivity contribution is 0.316. The maximum Gasteiger partial charge on any atom is 0.226 e. The Hall–Kier alpha value is -2.19. The molecule has 3 heterocycles. The second kappa shape index (κ2) is 8.67. The van der Waals surface area contributed by atoms with Crippen LogP contribution in [0.2, 0.25) is 0 Å². The van der Waals surface area contributed by atoms with E-state index in [9.17, 15) is 0 Å². The highest BCUT2D eigenvalue weighted by Crippen LogP contribution is 2.24. The third kappa shape index (κ3) is 4.56. The van der Waals surface area contributed by atoms with E-state index in [0.717, 1.165) is 43.6 Å². The summed E-state index contributed by atoms with van der Waals surface area (Å²) in [5, 5.41) is 18.0. The largest absolute Gasteiger partial charge is 0.424 e. The molecule has 0 amide bonds. The molecule has 4 rings (SSSR count). The molecule has 0 atom stereocenters. The molecule has 1 aromatic carbocycles. The first-order valence-corrected chi connectivity index (χ1v) is 10.4. The Morgan fingerprint density at radius 2 is 1.74 bits per heavy atom. The van der Waals surface area contributed by atoms with Gasteiger partial charge in [0.15, 0.2) is 5.16 Å². The maximum absolute atomic E-state index is 5.62. The van der Waals surface area contributed by atoms with Gasteiger partial charge in [0.2, 0.25) is 11.8 Å². The molecule has 0 spiro atoms. The maximum atomic E-state index is 5.62. The Bertz CT molecular complexity index is 856. The van der Waals surface area contributed by atoms with Crippen LogP contribution in [0.3, 0.4) is 0 Å². The summed E-state index contributed by atoms with van der Waals surface area (Å²) in [5.74, 6) is 2.92. The number of hydrogen-bond donors (Lipinski definition) is 0. The van der Waals surface area contributed by atoms with Gasteiger partial charge < -0.3 is 8.98 Å². The number of rotatable bonds is 8. The highest BCUT2D eigenvalue weighted by atomic mass is 32.2. The second-order valence-corrected chi connectivity index (χ2v) is 7.63. The Morgan fingerprint density at radius 3 is 2.48 bits per heavy atom. The third-order valence-corrected chi connectivity index (χ3v) is 5.63. The molecule has 1 aliphatic heterocycles. The van der Waals surface area contributed by atoms with Crippen molar-refractivity contribution >= 4 is 11.8 Å². The van der Waals surface area contributed by atoms with E-state index in [2.05, 4.69) is 54.1 Å². The summed E-state index contributed by atoms with van der Waals surface area (Å²) in [6, 6.07) is 10.4. The van der Waals surface area contributed by atoms with Gasteiger partial charge in [0.05, 0.1) is 18.8 Å². The van der Waals surface area contributed by atoms with E-state index in [1.54, 1.807) is 11.8 Å². The fourth-order valence-corrected chi connectivity index (χ4v) is 4.02. The van der Waals surface area contributed by atoms with Crippen LogP contribution in [0.15, 0.2) is 39.9 Å². The summed E-state index contributed by atoms with van der Waals surface area (Å²) < 4.78 is 7.84. The van der Waals surface area contributed by atoms with Gasteiger partial charge in [-0.2, -0.15) is 0 Å². The van der Waals surface area contributed by atoms with E-state index in [0.29, 0.717) is 17.5 Å². The highest BCUT2D eigenvalue weighted by molar-refractivity contribution is 7.98. The molecule has 0 aliphatic carbocycles. The van der Waals surface area contributed by atoms with E-state index in [-0.39, 0.29) is 0 Å². The van der Waals surface area contributed by atoms with Gasteiger partial charge in [0.25, 0.3) is 0 Å². The molecule has 27 heavy (non-hydrogen) atoms. The first-order valence-electron chi connectivity index (χ1n) is 9.44. The normalized spacial score (nSPS) is 14.9. The van der Waals surface area contributed by atoms with Crippen LogP contribution in [-0.4, -0.2) is 43.0 Å². The lowest BCUT2D eigenvalue weighted by Gasteiger charge is -2.16. The van der Waals surface area contributed by atoms with Gasteiger partial charge in [0.1, 0.15) is 5.82 Å². The van der Waals surface area contributed by atoms with Crippen LogP contribution >= 0.6 is 11.8 Å². The summed E-state index contributed by atoms with van der Waals surface area (Å²) >= 11 is 1.60. The van der Waals surface area contributed by atoms with Crippen LogP contribution in [0.4, 0.5) is 0 Å². The van der Waals surface area contributed by atoms with Crippen molar-refractivity contribution in [1.82, 2.24) is 29.9 Å². The molecule has 0 bridgehead atoms. The molecule has 0 radical (unpaired) electrons. The molecule has 1 fully saturated rings. The van der Waals surface area contributed by atoms with Crippen molar-refractivity contribution in [2.24, 2.45) is 0 Å². The predicted octanol–water partition coefficient (Wildman–Crippen LogP) is 3.16. The summed E-state index contributed by atoms with van der Waals surface area (Å²) in [6.45, 7) is 5.90. The van der Waals surface area contributed by atoms with Crippen molar-refractivity contribution in [3.05, 3.63) is 53.5 Å². The molecule has 2 aromatic heterocycles. The smallest absolute Gasteiger partial charge is 0.226 e. The van der Waals surface area contributed by atoms with Crippen molar-refractivity contribution in [2.75, 3.05) is 13.1 Å². The molecular formula is C19H24N6OS. The molecule has 0 N–H and O–H groups in total. The summed E-state index contributed by atoms with van der Waals surface area (Å²) in [7, 11) is 0. The molecular weight excluding hydrogens is 360 g/mol. The van der Waals surface area contributed by atoms with E-state index in [1.165, 1.54) is 18.4 Å². The van der Waals surface area contributed by atoms with E-state index >= 15 is 0 Å². The van der Waals surface area contributed by atoms with Gasteiger partial charge in [-0.05, 0) is 31.5 Å². The Morgan fingerprint density at radius 1 is 0.963 bits per heavy atom. The van der Waals surface area contributed by atoms with Crippen LogP contribution < -0.4 is 0 Å². The van der Waals surface area contributed by atoms with Crippen molar-refractivity contribution in [3.8, 4) is 0 Å². The van der Waals surface area contributed by atoms with Gasteiger partial charge >= 0.3 is 0 Å². The molecule has 1 saturated heterocycles. The zero-order valence-electron chi connectivity index (χ0n) is 15.5. The van der Waals surface area contributed by atoms with Gasteiger partial charge in [0, 0.05) is 6.42 Å². The molecule has 8 heteroatoms. The van der Waals surface area contributed by atoms with Gasteiger partial charge in [-0.3, -0.25) is 4.90 Å². The summed E-state index contributed by atoms with van der Waals surface area (Å²) in [6.07, 6.45) is 3.29. The number of hydrogen-bond acceptors (Lipinski definition) is 7. The van der Waals surface area contributed by atoms with Crippen molar-refractivity contribution in [3.63, 3.8) is 0 Å². The second-order valence-electron chi connectivity index (χ2n) is 6.69. The van der Waals surface area contributed by atoms with Gasteiger partial charge in [-0.25, -0.2) is 0 Å². The van der Waals surface area contributed by atoms with Crippen LogP contribution in [-0.2, 0) is 25.3 Å². The molecule has 3 aromatic rings. The van der Waals surface area contributed by atoms with Crippen LogP contribution in [0.25, 0.3) is 0 Å². The summed E-state index contributed by atoms with van der Waals surface area (Å²) in [4.78, 5) is 2.45. The Balaban J connectivity index is 1.52. The minimum absolute atomic E-state index is 0.601. The lowest BCUT2D eigenvalue weighted by Crippen LogP contribution is -2.21. The number of aryl methyl sites for hydroxylation is 1. The average molecular weight is 385 g/mol. The highest BCUT2D eigenvalue weighted by Gasteiger charge is 2.19. The lowest BCUT2D eigenvalue weighted by atomic mass is 10.2. The first kappa shape index (κ1) is 18.2. The van der Waals surface area contributed by atoms with Crippen LogP contribution in [0.1, 0.15) is 42.9 Å². The minimum atomic E-state index is 0.601. The fourth-order valence-electron chi connectivity index (χ4n) is 3.22. The number of likely N-dealkylation sites (tertiary alicyclic amines) is 1. The Kier molecular flexibility index (Phi) is 5.84. The number of aromatic nitrogens is 5. The van der Waals surface area contributed by atoms with E-state index in [1.807, 2.05) is 13.0 Å².